The summed E-state index contributed by atoms with van der Waals surface area (Å²) >= 11 is 0. The quantitative estimate of drug-likeness (QED) is 0.773. The Morgan fingerprint density at radius 2 is 1.94 bits per heavy atom. The molecule has 0 heterocycles. The van der Waals surface area contributed by atoms with Crippen molar-refractivity contribution in [3.8, 4) is 0 Å². The number of unbranched alkanes of at least 4 members (excludes halogenated alkanes) is 2. The van der Waals surface area contributed by atoms with Crippen LogP contribution in [0, 0.1) is 13.8 Å². The third-order valence-corrected chi connectivity index (χ3v) is 4.40. The Morgan fingerprint density at radius 3 is 2.61 bits per heavy atom. The van der Waals surface area contributed by atoms with E-state index < -0.39 is 16.8 Å². The van der Waals surface area contributed by atoms with Crippen LogP contribution in [0.25, 0.3) is 0 Å². The lowest BCUT2D eigenvalue weighted by molar-refractivity contribution is -0.137. The van der Waals surface area contributed by atoms with Crippen LogP contribution in [0.1, 0.15) is 36.8 Å². The maximum Gasteiger partial charge on any atom is 0.303 e. The van der Waals surface area contributed by atoms with E-state index in [1.165, 1.54) is 0 Å². The third-order valence-electron chi connectivity index (χ3n) is 2.81. The maximum absolute atomic E-state index is 12.1. The van der Waals surface area contributed by atoms with Crippen LogP contribution in [0.5, 0.6) is 0 Å². The minimum absolute atomic E-state index is 0.204. The van der Waals surface area contributed by atoms with Crippen LogP contribution in [0.15, 0.2) is 23.1 Å². The summed E-state index contributed by atoms with van der Waals surface area (Å²) in [5.41, 5.74) is 2.18. The molecule has 0 aliphatic heterocycles. The average Bonchev–Trinajstić information content (AvgIpc) is 2.31. The van der Waals surface area contributed by atoms with Gasteiger partial charge in [-0.3, -0.25) is 9.00 Å². The van der Waals surface area contributed by atoms with Gasteiger partial charge in [-0.2, -0.15) is 0 Å². The standard InChI is InChI=1S/C14H20O3S/c1-11-7-8-12(2)13(10-11)18(17)9-5-3-4-6-14(15)16/h7-8,10H,3-6,9H2,1-2H3,(H,15,16). The number of carboxylic acid groups (broad SMARTS) is 1. The summed E-state index contributed by atoms with van der Waals surface area (Å²) in [5, 5.41) is 8.51. The molecule has 1 rings (SSSR count). The van der Waals surface area contributed by atoms with E-state index in [1.807, 2.05) is 32.0 Å². The monoisotopic (exact) mass is 268 g/mol. The lowest BCUT2D eigenvalue weighted by atomic mass is 10.2. The Morgan fingerprint density at radius 1 is 1.22 bits per heavy atom. The number of hydrogen-bond donors (Lipinski definition) is 1. The summed E-state index contributed by atoms with van der Waals surface area (Å²) in [6.07, 6.45) is 2.51. The van der Waals surface area contributed by atoms with E-state index in [9.17, 15) is 9.00 Å². The highest BCUT2D eigenvalue weighted by molar-refractivity contribution is 7.85. The van der Waals surface area contributed by atoms with Gasteiger partial charge in [0.05, 0.1) is 10.8 Å². The molecular weight excluding hydrogens is 248 g/mol. The van der Waals surface area contributed by atoms with E-state index in [1.54, 1.807) is 0 Å². The zero-order chi connectivity index (χ0) is 13.5. The minimum atomic E-state index is -0.967. The lowest BCUT2D eigenvalue weighted by Crippen LogP contribution is -2.01. The first-order valence-electron chi connectivity index (χ1n) is 6.18. The van der Waals surface area contributed by atoms with Crippen LogP contribution in [0.2, 0.25) is 0 Å². The summed E-state index contributed by atoms with van der Waals surface area (Å²) in [4.78, 5) is 11.3. The van der Waals surface area contributed by atoms with Gasteiger partial charge >= 0.3 is 5.97 Å². The molecule has 1 unspecified atom stereocenters. The molecule has 0 bridgehead atoms. The van der Waals surface area contributed by atoms with Crippen molar-refractivity contribution in [2.75, 3.05) is 5.75 Å². The summed E-state index contributed by atoms with van der Waals surface area (Å²) in [6, 6.07) is 5.98. The summed E-state index contributed by atoms with van der Waals surface area (Å²) in [7, 11) is -0.967. The predicted molar refractivity (Wildman–Crippen MR) is 73.3 cm³/mol. The fourth-order valence-electron chi connectivity index (χ4n) is 1.75. The predicted octanol–water partition coefficient (Wildman–Crippen LogP) is 3.06. The first kappa shape index (κ1) is 14.9. The molecule has 3 nitrogen and oxygen atoms in total. The van der Waals surface area contributed by atoms with Crippen molar-refractivity contribution in [1.82, 2.24) is 0 Å². The van der Waals surface area contributed by atoms with Crippen LogP contribution >= 0.6 is 0 Å². The van der Waals surface area contributed by atoms with Crippen LogP contribution in [-0.2, 0) is 15.6 Å². The second kappa shape index (κ2) is 7.31. The van der Waals surface area contributed by atoms with Crippen molar-refractivity contribution >= 4 is 16.8 Å². The van der Waals surface area contributed by atoms with Gasteiger partial charge in [-0.1, -0.05) is 18.6 Å². The van der Waals surface area contributed by atoms with E-state index in [-0.39, 0.29) is 6.42 Å². The van der Waals surface area contributed by atoms with Gasteiger partial charge in [-0.15, -0.1) is 0 Å². The smallest absolute Gasteiger partial charge is 0.303 e. The second-order valence-corrected chi connectivity index (χ2v) is 6.06. The van der Waals surface area contributed by atoms with Gasteiger partial charge in [0.1, 0.15) is 0 Å². The highest BCUT2D eigenvalue weighted by Gasteiger charge is 2.07. The number of rotatable bonds is 7. The molecular formula is C14H20O3S. The van der Waals surface area contributed by atoms with E-state index in [0.717, 1.165) is 28.9 Å². The van der Waals surface area contributed by atoms with Gasteiger partial charge in [0.15, 0.2) is 0 Å². The number of aryl methyl sites for hydroxylation is 2. The number of carbonyl (C=O) groups is 1. The summed E-state index contributed by atoms with van der Waals surface area (Å²) in [5.74, 6) is -0.144. The van der Waals surface area contributed by atoms with Crippen LogP contribution in [0.3, 0.4) is 0 Å². The van der Waals surface area contributed by atoms with Gasteiger partial charge in [-0.25, -0.2) is 0 Å². The Hall–Kier alpha value is -1.16. The van der Waals surface area contributed by atoms with Crippen molar-refractivity contribution in [2.45, 2.75) is 44.4 Å². The molecule has 0 saturated carbocycles. The Balaban J connectivity index is 2.41. The zero-order valence-electron chi connectivity index (χ0n) is 10.9. The molecule has 0 fully saturated rings. The van der Waals surface area contributed by atoms with Gasteiger partial charge in [0.2, 0.25) is 0 Å². The van der Waals surface area contributed by atoms with Crippen molar-refractivity contribution in [1.29, 1.82) is 0 Å². The topological polar surface area (TPSA) is 54.4 Å². The number of aliphatic carboxylic acids is 1. The SMILES string of the molecule is Cc1ccc(C)c(S(=O)CCCCCC(=O)O)c1. The first-order chi connectivity index (χ1) is 8.50. The molecule has 4 heteroatoms. The molecule has 18 heavy (non-hydrogen) atoms. The average molecular weight is 268 g/mol. The molecule has 0 aromatic heterocycles. The molecule has 0 radical (unpaired) electrons. The first-order valence-corrected chi connectivity index (χ1v) is 7.50. The van der Waals surface area contributed by atoms with Crippen molar-refractivity contribution < 1.29 is 14.1 Å². The minimum Gasteiger partial charge on any atom is -0.481 e. The van der Waals surface area contributed by atoms with Crippen molar-refractivity contribution in [2.24, 2.45) is 0 Å². The molecule has 0 saturated heterocycles. The molecule has 100 valence electrons. The summed E-state index contributed by atoms with van der Waals surface area (Å²) in [6.45, 7) is 3.96. The lowest BCUT2D eigenvalue weighted by Gasteiger charge is -2.07. The van der Waals surface area contributed by atoms with Crippen LogP contribution in [-0.4, -0.2) is 21.0 Å². The second-order valence-electron chi connectivity index (χ2n) is 4.52. The number of carboxylic acids is 1. The number of benzene rings is 1. The molecule has 1 aromatic rings. The Kier molecular flexibility index (Phi) is 6.05. The van der Waals surface area contributed by atoms with E-state index in [2.05, 4.69) is 0 Å². The van der Waals surface area contributed by atoms with E-state index >= 15 is 0 Å². The Bertz CT molecular complexity index is 441. The Labute approximate surface area is 111 Å². The van der Waals surface area contributed by atoms with E-state index in [0.29, 0.717) is 12.2 Å². The molecule has 0 aliphatic carbocycles. The molecule has 0 amide bonds. The van der Waals surface area contributed by atoms with Crippen molar-refractivity contribution in [3.63, 3.8) is 0 Å². The molecule has 1 atom stereocenters. The van der Waals surface area contributed by atoms with Crippen LogP contribution < -0.4 is 0 Å². The molecule has 1 aromatic carbocycles. The van der Waals surface area contributed by atoms with Gasteiger partial charge < -0.3 is 5.11 Å². The summed E-state index contributed by atoms with van der Waals surface area (Å²) < 4.78 is 12.1. The van der Waals surface area contributed by atoms with Gasteiger partial charge in [0.25, 0.3) is 0 Å². The number of hydrogen-bond acceptors (Lipinski definition) is 2. The van der Waals surface area contributed by atoms with Gasteiger partial charge in [0, 0.05) is 17.1 Å². The third kappa shape index (κ3) is 5.00. The molecule has 0 spiro atoms. The zero-order valence-corrected chi connectivity index (χ0v) is 11.8. The fourth-order valence-corrected chi connectivity index (χ4v) is 3.18. The highest BCUT2D eigenvalue weighted by Crippen LogP contribution is 2.16. The van der Waals surface area contributed by atoms with Gasteiger partial charge in [-0.05, 0) is 43.9 Å². The largest absolute Gasteiger partial charge is 0.481 e. The van der Waals surface area contributed by atoms with Crippen molar-refractivity contribution in [3.05, 3.63) is 29.3 Å². The molecule has 1 N–H and O–H groups in total. The molecule has 0 aliphatic rings. The van der Waals surface area contributed by atoms with Crippen LogP contribution in [0.4, 0.5) is 0 Å². The normalized spacial score (nSPS) is 12.3. The van der Waals surface area contributed by atoms with E-state index in [4.69, 9.17) is 5.11 Å². The fraction of sp³-hybridized carbons (Fsp3) is 0.500. The highest BCUT2D eigenvalue weighted by atomic mass is 32.2. The maximum atomic E-state index is 12.1.